The van der Waals surface area contributed by atoms with Crippen LogP contribution in [0.25, 0.3) is 0 Å². The maximum absolute atomic E-state index is 13.4. The molecule has 2 heterocycles. The first-order valence-corrected chi connectivity index (χ1v) is 13.3. The van der Waals surface area contributed by atoms with Gasteiger partial charge in [-0.2, -0.15) is 0 Å². The van der Waals surface area contributed by atoms with E-state index in [0.29, 0.717) is 30.1 Å². The summed E-state index contributed by atoms with van der Waals surface area (Å²) < 4.78 is 23.7. The summed E-state index contributed by atoms with van der Waals surface area (Å²) in [6, 6.07) is 2.77. The van der Waals surface area contributed by atoms with Gasteiger partial charge in [0.1, 0.15) is 24.4 Å². The number of hydrogen-bond donors (Lipinski definition) is 4. The van der Waals surface area contributed by atoms with Crippen LogP contribution in [-0.2, 0) is 30.9 Å². The van der Waals surface area contributed by atoms with Gasteiger partial charge in [0.2, 0.25) is 12.2 Å². The Morgan fingerprint density at radius 3 is 2.62 bits per heavy atom. The summed E-state index contributed by atoms with van der Waals surface area (Å²) in [7, 11) is 5.12. The lowest BCUT2D eigenvalue weighted by atomic mass is 9.46. The third kappa shape index (κ3) is 4.13. The number of hydrogen-bond acceptors (Lipinski definition) is 10. The molecule has 2 fully saturated rings. The van der Waals surface area contributed by atoms with Crippen molar-refractivity contribution in [3.8, 4) is 11.5 Å². The first-order chi connectivity index (χ1) is 18.5. The number of carbonyl (C=O) groups excluding carboxylic acids is 2. The molecular formula is C28H38N2O9. The van der Waals surface area contributed by atoms with Crippen LogP contribution in [0.2, 0.25) is 0 Å². The number of Topliss-reactive ketones (excluding diaryl/α,β-unsaturated/α-hetero) is 1. The number of piperidine rings is 1. The Morgan fingerprint density at radius 1 is 1.23 bits per heavy atom. The summed E-state index contributed by atoms with van der Waals surface area (Å²) in [5, 5.41) is 33.8. The van der Waals surface area contributed by atoms with E-state index in [-0.39, 0.29) is 18.2 Å². The molecule has 2 saturated heterocycles. The fraction of sp³-hybridized carbons (Fsp3) is 0.643. The number of likely N-dealkylation sites (tertiary alicyclic amines) is 1. The van der Waals surface area contributed by atoms with Gasteiger partial charge in [0.25, 0.3) is 0 Å². The van der Waals surface area contributed by atoms with Crippen molar-refractivity contribution in [2.24, 2.45) is 5.41 Å². The molecule has 1 aromatic carbocycles. The molecule has 0 saturated carbocycles. The van der Waals surface area contributed by atoms with E-state index in [1.165, 1.54) is 21.1 Å². The Kier molecular flexibility index (Phi) is 7.17. The number of carbonyl (C=O) groups is 2. The third-order valence-corrected chi connectivity index (χ3v) is 9.34. The molecular weight excluding hydrogens is 508 g/mol. The molecule has 2 bridgehead atoms. The molecule has 0 aromatic heterocycles. The van der Waals surface area contributed by atoms with E-state index >= 15 is 0 Å². The van der Waals surface area contributed by atoms with Gasteiger partial charge in [-0.3, -0.25) is 9.59 Å². The number of nitrogens with zero attached hydrogens (tertiary/aromatic N) is 1. The summed E-state index contributed by atoms with van der Waals surface area (Å²) in [4.78, 5) is 27.7. The molecule has 0 spiro atoms. The van der Waals surface area contributed by atoms with Crippen LogP contribution in [0.4, 0.5) is 0 Å². The van der Waals surface area contributed by atoms with Crippen molar-refractivity contribution >= 4 is 11.7 Å². The van der Waals surface area contributed by atoms with Crippen LogP contribution < -0.4 is 14.8 Å². The zero-order chi connectivity index (χ0) is 28.3. The number of fused-ring (bicyclic) bond motifs is 1. The average Bonchev–Trinajstić information content (AvgIpc) is 2.90. The Labute approximate surface area is 227 Å². The molecule has 8 atom stereocenters. The molecule has 11 heteroatoms. The number of likely N-dealkylation sites (N-methyl/N-ethyl adjacent to an activating group) is 1. The number of rotatable bonds is 6. The van der Waals surface area contributed by atoms with Crippen LogP contribution in [0.3, 0.4) is 0 Å². The van der Waals surface area contributed by atoms with Crippen molar-refractivity contribution in [3.63, 3.8) is 0 Å². The van der Waals surface area contributed by atoms with Crippen LogP contribution in [0.15, 0.2) is 24.0 Å². The van der Waals surface area contributed by atoms with Crippen LogP contribution in [0.1, 0.15) is 37.8 Å². The second-order valence-corrected chi connectivity index (χ2v) is 11.3. The Morgan fingerprint density at radius 2 is 1.97 bits per heavy atom. The zero-order valence-corrected chi connectivity index (χ0v) is 23.0. The van der Waals surface area contributed by atoms with E-state index in [0.717, 1.165) is 17.7 Å². The summed E-state index contributed by atoms with van der Waals surface area (Å²) in [6.07, 6.45) is -1.77. The molecule has 1 aromatic rings. The number of ketones is 1. The molecule has 0 radical (unpaired) electrons. The third-order valence-electron chi connectivity index (χ3n) is 9.34. The van der Waals surface area contributed by atoms with E-state index in [1.54, 1.807) is 6.07 Å². The van der Waals surface area contributed by atoms with Gasteiger partial charge < -0.3 is 44.5 Å². The molecule has 4 N–H and O–H groups in total. The van der Waals surface area contributed by atoms with Crippen LogP contribution in [0, 0.1) is 5.41 Å². The van der Waals surface area contributed by atoms with Crippen molar-refractivity contribution in [1.29, 1.82) is 0 Å². The predicted molar refractivity (Wildman–Crippen MR) is 138 cm³/mol. The molecule has 5 rings (SSSR count). The van der Waals surface area contributed by atoms with Crippen LogP contribution >= 0.6 is 0 Å². The van der Waals surface area contributed by atoms with E-state index in [1.807, 2.05) is 12.1 Å². The number of nitrogens with one attached hydrogen (secondary N) is 1. The van der Waals surface area contributed by atoms with Gasteiger partial charge in [0.15, 0.2) is 23.0 Å². The average molecular weight is 547 g/mol. The lowest BCUT2D eigenvalue weighted by Gasteiger charge is -2.63. The van der Waals surface area contributed by atoms with Gasteiger partial charge in [0.05, 0.1) is 20.8 Å². The summed E-state index contributed by atoms with van der Waals surface area (Å²) in [5.41, 5.74) is 0.714. The molecule has 2 aliphatic carbocycles. The predicted octanol–water partition coefficient (Wildman–Crippen LogP) is 0.0251. The first kappa shape index (κ1) is 27.9. The maximum Gasteiger partial charge on any atom is 0.223 e. The van der Waals surface area contributed by atoms with Gasteiger partial charge in [0, 0.05) is 35.8 Å². The number of aliphatic hydroxyl groups is 3. The zero-order valence-electron chi connectivity index (χ0n) is 23.0. The van der Waals surface area contributed by atoms with Gasteiger partial charge in [-0.25, -0.2) is 0 Å². The fourth-order valence-electron chi connectivity index (χ4n) is 7.29. The quantitative estimate of drug-likeness (QED) is 0.385. The minimum absolute atomic E-state index is 0.0937. The number of ether oxygens (including phenoxy) is 4. The van der Waals surface area contributed by atoms with Crippen molar-refractivity contribution in [1.82, 2.24) is 10.2 Å². The van der Waals surface area contributed by atoms with E-state index in [9.17, 15) is 24.9 Å². The molecule has 39 heavy (non-hydrogen) atoms. The van der Waals surface area contributed by atoms with Crippen LogP contribution in [0.5, 0.6) is 11.5 Å². The van der Waals surface area contributed by atoms with Crippen molar-refractivity contribution < 1.29 is 43.9 Å². The normalized spacial score (nSPS) is 37.7. The van der Waals surface area contributed by atoms with E-state index in [4.69, 9.17) is 18.9 Å². The number of methoxy groups -OCH3 is 2. The van der Waals surface area contributed by atoms with Crippen molar-refractivity contribution in [2.75, 3.05) is 34.4 Å². The number of benzene rings is 1. The highest BCUT2D eigenvalue weighted by Gasteiger charge is 2.63. The summed E-state index contributed by atoms with van der Waals surface area (Å²) >= 11 is 0. The lowest BCUT2D eigenvalue weighted by molar-refractivity contribution is -0.245. The monoisotopic (exact) mass is 546 g/mol. The summed E-state index contributed by atoms with van der Waals surface area (Å²) in [5.74, 6) is 0.567. The van der Waals surface area contributed by atoms with Crippen LogP contribution in [-0.4, -0.2) is 103 Å². The number of amides is 1. The highest BCUT2D eigenvalue weighted by Crippen LogP contribution is 2.64. The first-order valence-electron chi connectivity index (χ1n) is 13.3. The Bertz CT molecular complexity index is 1190. The Balaban J connectivity index is 1.68. The smallest absolute Gasteiger partial charge is 0.223 e. The van der Waals surface area contributed by atoms with E-state index in [2.05, 4.69) is 24.2 Å². The van der Waals surface area contributed by atoms with Gasteiger partial charge in [-0.05, 0) is 44.1 Å². The minimum Gasteiger partial charge on any atom is -0.493 e. The number of allylic oxidation sites excluding steroid dienone is 1. The Hall–Kier alpha value is -2.70. The molecule has 2 aliphatic heterocycles. The molecule has 1 amide bonds. The topological polar surface area (TPSA) is 147 Å². The van der Waals surface area contributed by atoms with Crippen molar-refractivity contribution in [3.05, 3.63) is 35.1 Å². The largest absolute Gasteiger partial charge is 0.493 e. The number of aliphatic hydroxyl groups excluding tert-OH is 3. The molecule has 8 unspecified atom stereocenters. The molecule has 214 valence electrons. The van der Waals surface area contributed by atoms with E-state index < -0.39 is 54.0 Å². The second kappa shape index (κ2) is 10.0. The lowest BCUT2D eigenvalue weighted by Crippen LogP contribution is -2.67. The highest BCUT2D eigenvalue weighted by atomic mass is 16.7. The second-order valence-electron chi connectivity index (χ2n) is 11.3. The molecule has 11 nitrogen and oxygen atoms in total. The standard InChI is InChI=1S/C28H38N2O9/c1-14(32)29-22-24(35)23(34)19(13-31)38-26(22)39-25-17(36-4)7-6-15-10-20-27(2)12-18(37-5)16(33)11-28(27,21(15)25)8-9-30(20)3/h6-7,12,19-20,22-24,26,31,34-35H,8-11,13H2,1-5H3,(H,29,32). The van der Waals surface area contributed by atoms with Gasteiger partial charge >= 0.3 is 0 Å². The van der Waals surface area contributed by atoms with Crippen molar-refractivity contribution in [2.45, 2.75) is 75.2 Å². The maximum atomic E-state index is 13.4. The highest BCUT2D eigenvalue weighted by molar-refractivity contribution is 5.96. The molecule has 4 aliphatic rings. The van der Waals surface area contributed by atoms with Gasteiger partial charge in [-0.1, -0.05) is 13.0 Å². The fourth-order valence-corrected chi connectivity index (χ4v) is 7.29. The summed E-state index contributed by atoms with van der Waals surface area (Å²) in [6.45, 7) is 3.65. The SMILES string of the molecule is COC1=CC2(C)C3Cc4ccc(OC)c(OC5OC(CO)C(O)C(O)C5NC(C)=O)c4C2(CCN3C)CC1=O. The minimum atomic E-state index is -1.46. The van der Waals surface area contributed by atoms with Gasteiger partial charge in [-0.15, -0.1) is 0 Å².